The van der Waals surface area contributed by atoms with Crippen molar-refractivity contribution in [3.8, 4) is 0 Å². The van der Waals surface area contributed by atoms with E-state index in [9.17, 15) is 9.59 Å². The zero-order valence-electron chi connectivity index (χ0n) is 12.9. The van der Waals surface area contributed by atoms with Gasteiger partial charge < -0.3 is 10.2 Å². The van der Waals surface area contributed by atoms with Gasteiger partial charge in [0.05, 0.1) is 15.7 Å². The number of nitrogens with zero attached hydrogens (tertiary/aromatic N) is 1. The summed E-state index contributed by atoms with van der Waals surface area (Å²) in [5.41, 5.74) is 1.12. The topological polar surface area (TPSA) is 49.4 Å². The second-order valence-corrected chi connectivity index (χ2v) is 6.27. The van der Waals surface area contributed by atoms with E-state index in [0.29, 0.717) is 21.4 Å². The summed E-state index contributed by atoms with van der Waals surface area (Å²) >= 11 is 17.9. The highest BCUT2D eigenvalue weighted by atomic mass is 35.5. The monoisotopic (exact) mass is 384 g/mol. The van der Waals surface area contributed by atoms with E-state index in [1.54, 1.807) is 42.5 Å². The minimum Gasteiger partial charge on any atom is -0.326 e. The number of anilines is 2. The average molecular weight is 386 g/mol. The van der Waals surface area contributed by atoms with Crippen LogP contribution in [0.2, 0.25) is 15.1 Å². The first kappa shape index (κ1) is 18.6. The molecule has 2 rings (SSSR count). The Hall–Kier alpha value is -1.75. The quantitative estimate of drug-likeness (QED) is 0.785. The third-order valence-electron chi connectivity index (χ3n) is 3.29. The van der Waals surface area contributed by atoms with Crippen molar-refractivity contribution in [1.29, 1.82) is 0 Å². The first-order valence-corrected chi connectivity index (χ1v) is 8.29. The average Bonchev–Trinajstić information content (AvgIpc) is 2.53. The van der Waals surface area contributed by atoms with Crippen LogP contribution >= 0.6 is 34.8 Å². The van der Waals surface area contributed by atoms with Gasteiger partial charge in [-0.25, -0.2) is 0 Å². The standard InChI is InChI=1S/C17H15Cl3N2O2/c1-11(23)22(15-4-2-3-14(19)17(15)20)10-9-16(24)21-13-7-5-12(18)6-8-13/h2-8H,9-10H2,1H3,(H,21,24). The van der Waals surface area contributed by atoms with Crippen molar-refractivity contribution in [3.63, 3.8) is 0 Å². The fraction of sp³-hybridized carbons (Fsp3) is 0.176. The second kappa shape index (κ2) is 8.38. The number of halogens is 3. The van der Waals surface area contributed by atoms with Crippen molar-refractivity contribution in [2.45, 2.75) is 13.3 Å². The minimum atomic E-state index is -0.224. The van der Waals surface area contributed by atoms with Gasteiger partial charge in [0.1, 0.15) is 0 Å². The molecule has 24 heavy (non-hydrogen) atoms. The molecule has 0 radical (unpaired) electrons. The summed E-state index contributed by atoms with van der Waals surface area (Å²) in [7, 11) is 0. The van der Waals surface area contributed by atoms with Crippen molar-refractivity contribution in [1.82, 2.24) is 0 Å². The lowest BCUT2D eigenvalue weighted by Gasteiger charge is -2.22. The molecule has 0 unspecified atom stereocenters. The van der Waals surface area contributed by atoms with Gasteiger partial charge in [0.25, 0.3) is 0 Å². The molecule has 0 aliphatic heterocycles. The van der Waals surface area contributed by atoms with Crippen LogP contribution < -0.4 is 10.2 Å². The largest absolute Gasteiger partial charge is 0.326 e. The summed E-state index contributed by atoms with van der Waals surface area (Å²) < 4.78 is 0. The van der Waals surface area contributed by atoms with Gasteiger partial charge in [-0.15, -0.1) is 0 Å². The Morgan fingerprint density at radius 2 is 1.71 bits per heavy atom. The van der Waals surface area contributed by atoms with Crippen molar-refractivity contribution >= 4 is 58.0 Å². The number of benzene rings is 2. The summed E-state index contributed by atoms with van der Waals surface area (Å²) in [4.78, 5) is 25.4. The van der Waals surface area contributed by atoms with Gasteiger partial charge in [-0.1, -0.05) is 40.9 Å². The van der Waals surface area contributed by atoms with E-state index in [0.717, 1.165) is 0 Å². The Morgan fingerprint density at radius 3 is 2.33 bits per heavy atom. The molecular weight excluding hydrogens is 371 g/mol. The number of carbonyl (C=O) groups excluding carboxylic acids is 2. The zero-order chi connectivity index (χ0) is 17.7. The van der Waals surface area contributed by atoms with E-state index in [2.05, 4.69) is 5.32 Å². The molecule has 0 aromatic heterocycles. The van der Waals surface area contributed by atoms with Crippen molar-refractivity contribution in [3.05, 3.63) is 57.5 Å². The minimum absolute atomic E-state index is 0.116. The summed E-state index contributed by atoms with van der Waals surface area (Å²) in [6, 6.07) is 11.8. The lowest BCUT2D eigenvalue weighted by Crippen LogP contribution is -2.32. The molecule has 0 aliphatic carbocycles. The molecule has 0 aliphatic rings. The smallest absolute Gasteiger partial charge is 0.226 e. The molecule has 7 heteroatoms. The maximum absolute atomic E-state index is 12.1. The molecule has 1 N–H and O–H groups in total. The maximum atomic E-state index is 12.1. The molecule has 2 aromatic carbocycles. The predicted octanol–water partition coefficient (Wildman–Crippen LogP) is 5.03. The normalized spacial score (nSPS) is 10.3. The van der Waals surface area contributed by atoms with Gasteiger partial charge in [0.15, 0.2) is 0 Å². The predicted molar refractivity (Wildman–Crippen MR) is 99.2 cm³/mol. The van der Waals surface area contributed by atoms with E-state index >= 15 is 0 Å². The van der Waals surface area contributed by atoms with Crippen LogP contribution in [0.3, 0.4) is 0 Å². The Morgan fingerprint density at radius 1 is 1.04 bits per heavy atom. The summed E-state index contributed by atoms with van der Waals surface area (Å²) in [5, 5.41) is 3.97. The molecule has 0 bridgehead atoms. The van der Waals surface area contributed by atoms with Crippen LogP contribution in [0.4, 0.5) is 11.4 Å². The van der Waals surface area contributed by atoms with Crippen molar-refractivity contribution in [2.24, 2.45) is 0 Å². The summed E-state index contributed by atoms with van der Waals surface area (Å²) in [6.07, 6.45) is 0.116. The van der Waals surface area contributed by atoms with Crippen LogP contribution in [0.25, 0.3) is 0 Å². The molecule has 0 spiro atoms. The van der Waals surface area contributed by atoms with Crippen LogP contribution in [-0.2, 0) is 9.59 Å². The highest BCUT2D eigenvalue weighted by molar-refractivity contribution is 6.44. The van der Waals surface area contributed by atoms with E-state index in [4.69, 9.17) is 34.8 Å². The van der Waals surface area contributed by atoms with Crippen molar-refractivity contribution in [2.75, 3.05) is 16.8 Å². The third-order valence-corrected chi connectivity index (χ3v) is 4.35. The van der Waals surface area contributed by atoms with E-state index in [1.165, 1.54) is 11.8 Å². The van der Waals surface area contributed by atoms with Gasteiger partial charge in [0.2, 0.25) is 11.8 Å². The van der Waals surface area contributed by atoms with Crippen LogP contribution in [0.15, 0.2) is 42.5 Å². The third kappa shape index (κ3) is 4.87. The van der Waals surface area contributed by atoms with Gasteiger partial charge in [-0.2, -0.15) is 0 Å². The molecule has 0 heterocycles. The van der Waals surface area contributed by atoms with Gasteiger partial charge >= 0.3 is 0 Å². The Kier molecular flexibility index (Phi) is 6.49. The number of hydrogen-bond donors (Lipinski definition) is 1. The molecule has 2 amide bonds. The molecular formula is C17H15Cl3N2O2. The highest BCUT2D eigenvalue weighted by Gasteiger charge is 2.17. The van der Waals surface area contributed by atoms with E-state index in [-0.39, 0.29) is 29.8 Å². The van der Waals surface area contributed by atoms with E-state index in [1.807, 2.05) is 0 Å². The van der Waals surface area contributed by atoms with Gasteiger partial charge in [0, 0.05) is 30.6 Å². The molecule has 4 nitrogen and oxygen atoms in total. The molecule has 2 aromatic rings. The van der Waals surface area contributed by atoms with Crippen LogP contribution in [0.5, 0.6) is 0 Å². The number of hydrogen-bond acceptors (Lipinski definition) is 2. The fourth-order valence-corrected chi connectivity index (χ4v) is 2.64. The lowest BCUT2D eigenvalue weighted by molar-refractivity contribution is -0.117. The number of amides is 2. The Balaban J connectivity index is 2.03. The van der Waals surface area contributed by atoms with Crippen LogP contribution in [0, 0.1) is 0 Å². The Labute approximate surface area is 155 Å². The summed E-state index contributed by atoms with van der Waals surface area (Å²) in [6.45, 7) is 1.60. The summed E-state index contributed by atoms with van der Waals surface area (Å²) in [5.74, 6) is -0.444. The Bertz CT molecular complexity index is 748. The fourth-order valence-electron chi connectivity index (χ4n) is 2.12. The molecule has 126 valence electrons. The van der Waals surface area contributed by atoms with Gasteiger partial charge in [-0.3, -0.25) is 9.59 Å². The van der Waals surface area contributed by atoms with Crippen LogP contribution in [-0.4, -0.2) is 18.4 Å². The SMILES string of the molecule is CC(=O)N(CCC(=O)Nc1ccc(Cl)cc1)c1cccc(Cl)c1Cl. The highest BCUT2D eigenvalue weighted by Crippen LogP contribution is 2.32. The van der Waals surface area contributed by atoms with Gasteiger partial charge in [-0.05, 0) is 36.4 Å². The lowest BCUT2D eigenvalue weighted by atomic mass is 10.2. The van der Waals surface area contributed by atoms with Crippen molar-refractivity contribution < 1.29 is 9.59 Å². The van der Waals surface area contributed by atoms with Crippen LogP contribution in [0.1, 0.15) is 13.3 Å². The molecule has 0 saturated heterocycles. The maximum Gasteiger partial charge on any atom is 0.226 e. The first-order valence-electron chi connectivity index (χ1n) is 7.16. The second-order valence-electron chi connectivity index (χ2n) is 5.05. The number of rotatable bonds is 5. The van der Waals surface area contributed by atoms with E-state index < -0.39 is 0 Å². The number of nitrogens with one attached hydrogen (secondary N) is 1. The first-order chi connectivity index (χ1) is 11.4. The number of carbonyl (C=O) groups is 2. The zero-order valence-corrected chi connectivity index (χ0v) is 15.1. The molecule has 0 saturated carbocycles. The molecule has 0 atom stereocenters. The molecule has 0 fully saturated rings.